The van der Waals surface area contributed by atoms with Crippen LogP contribution in [0, 0.1) is 0 Å². The Morgan fingerprint density at radius 2 is 2.00 bits per heavy atom. The van der Waals surface area contributed by atoms with Gasteiger partial charge in [0.2, 0.25) is 10.0 Å². The molecule has 0 aromatic heterocycles. The summed E-state index contributed by atoms with van der Waals surface area (Å²) in [6.07, 6.45) is 4.25. The maximum absolute atomic E-state index is 12.4. The van der Waals surface area contributed by atoms with Crippen LogP contribution in [0.15, 0.2) is 11.6 Å². The first-order valence-electron chi connectivity index (χ1n) is 8.50. The largest absolute Gasteiger partial charge is 0.377 e. The Balaban J connectivity index is 1.74. The van der Waals surface area contributed by atoms with Gasteiger partial charge in [-0.3, -0.25) is 0 Å². The summed E-state index contributed by atoms with van der Waals surface area (Å²) in [5.41, 5.74) is 1.09. The van der Waals surface area contributed by atoms with Crippen LogP contribution in [0.4, 0.5) is 4.79 Å². The van der Waals surface area contributed by atoms with Crippen LogP contribution in [0.3, 0.4) is 0 Å². The van der Waals surface area contributed by atoms with E-state index in [1.54, 1.807) is 20.8 Å². The Bertz CT molecular complexity index is 573. The standard InChI is InChI=1S/C16H29N3O4S/c1-16(2,3)24(21,22)19-8-6-14(7-9-19)18-15(20)17-11-13-5-4-10-23-12-13/h5,14H,4,6-12H2,1-3H3,(H2,17,18,20). The number of nitrogens with zero attached hydrogens (tertiary/aromatic N) is 1. The van der Waals surface area contributed by atoms with E-state index in [1.165, 1.54) is 4.31 Å². The van der Waals surface area contributed by atoms with Gasteiger partial charge in [0.15, 0.2) is 0 Å². The molecule has 0 atom stereocenters. The van der Waals surface area contributed by atoms with E-state index in [1.807, 2.05) is 0 Å². The molecule has 2 N–H and O–H groups in total. The van der Waals surface area contributed by atoms with E-state index >= 15 is 0 Å². The highest BCUT2D eigenvalue weighted by molar-refractivity contribution is 7.90. The van der Waals surface area contributed by atoms with E-state index in [0.717, 1.165) is 18.6 Å². The number of ether oxygens (including phenoxy) is 1. The second kappa shape index (κ2) is 7.84. The molecule has 1 fully saturated rings. The fourth-order valence-corrected chi connectivity index (χ4v) is 4.26. The highest BCUT2D eigenvalue weighted by Gasteiger charge is 2.37. The van der Waals surface area contributed by atoms with Crippen molar-refractivity contribution in [1.29, 1.82) is 0 Å². The third kappa shape index (κ3) is 4.94. The van der Waals surface area contributed by atoms with Gasteiger partial charge >= 0.3 is 6.03 Å². The van der Waals surface area contributed by atoms with Crippen LogP contribution in [0.1, 0.15) is 40.0 Å². The first kappa shape index (κ1) is 19.2. The molecular weight excluding hydrogens is 330 g/mol. The predicted molar refractivity (Wildman–Crippen MR) is 93.3 cm³/mol. The molecule has 2 amide bonds. The Kier molecular flexibility index (Phi) is 6.28. The van der Waals surface area contributed by atoms with Crippen molar-refractivity contribution in [2.75, 3.05) is 32.8 Å². The molecule has 2 aliphatic rings. The normalized spacial score (nSPS) is 21.2. The number of carbonyl (C=O) groups is 1. The van der Waals surface area contributed by atoms with Crippen molar-refractivity contribution in [2.24, 2.45) is 0 Å². The number of amides is 2. The second-order valence-corrected chi connectivity index (χ2v) is 10.0. The molecule has 0 unspecified atom stereocenters. The molecule has 2 aliphatic heterocycles. The van der Waals surface area contributed by atoms with Crippen LogP contribution in [0.5, 0.6) is 0 Å². The number of hydrogen-bond acceptors (Lipinski definition) is 4. The van der Waals surface area contributed by atoms with Crippen LogP contribution in [-0.4, -0.2) is 62.4 Å². The lowest BCUT2D eigenvalue weighted by molar-refractivity contribution is 0.149. The minimum Gasteiger partial charge on any atom is -0.377 e. The van der Waals surface area contributed by atoms with Gasteiger partial charge in [-0.2, -0.15) is 0 Å². The number of urea groups is 1. The maximum Gasteiger partial charge on any atom is 0.315 e. The average molecular weight is 359 g/mol. The maximum atomic E-state index is 12.4. The van der Waals surface area contributed by atoms with Crippen molar-refractivity contribution in [3.05, 3.63) is 11.6 Å². The number of carbonyl (C=O) groups excluding carboxylic acids is 1. The van der Waals surface area contributed by atoms with Gasteiger partial charge in [-0.05, 0) is 45.6 Å². The monoisotopic (exact) mass is 359 g/mol. The fraction of sp³-hybridized carbons (Fsp3) is 0.812. The molecule has 0 radical (unpaired) electrons. The zero-order chi connectivity index (χ0) is 17.8. The molecule has 138 valence electrons. The summed E-state index contributed by atoms with van der Waals surface area (Å²) in [6.45, 7) is 7.84. The predicted octanol–water partition coefficient (Wildman–Crippen LogP) is 1.22. The molecular formula is C16H29N3O4S. The average Bonchev–Trinajstić information content (AvgIpc) is 2.53. The van der Waals surface area contributed by atoms with E-state index in [4.69, 9.17) is 4.74 Å². The van der Waals surface area contributed by atoms with Crippen LogP contribution in [-0.2, 0) is 14.8 Å². The van der Waals surface area contributed by atoms with Crippen molar-refractivity contribution in [1.82, 2.24) is 14.9 Å². The Morgan fingerprint density at radius 3 is 2.54 bits per heavy atom. The summed E-state index contributed by atoms with van der Waals surface area (Å²) in [5, 5.41) is 5.76. The van der Waals surface area contributed by atoms with Gasteiger partial charge in [-0.1, -0.05) is 6.08 Å². The number of sulfonamides is 1. The molecule has 0 aromatic carbocycles. The first-order chi connectivity index (χ1) is 11.2. The Morgan fingerprint density at radius 1 is 1.33 bits per heavy atom. The molecule has 0 aliphatic carbocycles. The summed E-state index contributed by atoms with van der Waals surface area (Å²) >= 11 is 0. The molecule has 24 heavy (non-hydrogen) atoms. The van der Waals surface area contributed by atoms with Crippen LogP contribution >= 0.6 is 0 Å². The van der Waals surface area contributed by atoms with Crippen molar-refractivity contribution in [3.8, 4) is 0 Å². The van der Waals surface area contributed by atoms with Crippen molar-refractivity contribution >= 4 is 16.1 Å². The molecule has 2 rings (SSSR count). The Hall–Kier alpha value is -1.12. The van der Waals surface area contributed by atoms with Gasteiger partial charge in [-0.15, -0.1) is 0 Å². The summed E-state index contributed by atoms with van der Waals surface area (Å²) in [6, 6.07) is -0.202. The van der Waals surface area contributed by atoms with Gasteiger partial charge in [0, 0.05) is 25.7 Å². The number of piperidine rings is 1. The summed E-state index contributed by atoms with van der Waals surface area (Å²) in [4.78, 5) is 12.0. The second-order valence-electron chi connectivity index (χ2n) is 7.32. The summed E-state index contributed by atoms with van der Waals surface area (Å²) < 4.78 is 30.9. The fourth-order valence-electron chi connectivity index (χ4n) is 2.79. The quantitative estimate of drug-likeness (QED) is 0.739. The third-order valence-electron chi connectivity index (χ3n) is 4.36. The minimum absolute atomic E-state index is 0.00741. The third-order valence-corrected chi connectivity index (χ3v) is 6.95. The Labute approximate surface area is 144 Å². The van der Waals surface area contributed by atoms with Crippen molar-refractivity contribution in [2.45, 2.75) is 50.8 Å². The number of nitrogens with one attached hydrogen (secondary N) is 2. The number of rotatable bonds is 4. The highest BCUT2D eigenvalue weighted by atomic mass is 32.2. The highest BCUT2D eigenvalue weighted by Crippen LogP contribution is 2.23. The first-order valence-corrected chi connectivity index (χ1v) is 9.94. The molecule has 0 saturated carbocycles. The smallest absolute Gasteiger partial charge is 0.315 e. The summed E-state index contributed by atoms with van der Waals surface area (Å²) in [7, 11) is -3.29. The molecule has 8 heteroatoms. The SMILES string of the molecule is CC(C)(C)S(=O)(=O)N1CCC(NC(=O)NCC2=CCCOC2)CC1. The zero-order valence-corrected chi connectivity index (χ0v) is 15.6. The van der Waals surface area contributed by atoms with Gasteiger partial charge in [-0.25, -0.2) is 17.5 Å². The lowest BCUT2D eigenvalue weighted by Gasteiger charge is -2.35. The molecule has 1 saturated heterocycles. The van der Waals surface area contributed by atoms with Gasteiger partial charge in [0.25, 0.3) is 0 Å². The van der Waals surface area contributed by atoms with Gasteiger partial charge in [0.05, 0.1) is 18.0 Å². The van der Waals surface area contributed by atoms with E-state index in [0.29, 0.717) is 39.1 Å². The zero-order valence-electron chi connectivity index (χ0n) is 14.8. The molecule has 2 heterocycles. The minimum atomic E-state index is -3.29. The van der Waals surface area contributed by atoms with E-state index in [-0.39, 0.29) is 12.1 Å². The van der Waals surface area contributed by atoms with E-state index in [2.05, 4.69) is 16.7 Å². The molecule has 7 nitrogen and oxygen atoms in total. The van der Waals surface area contributed by atoms with E-state index < -0.39 is 14.8 Å². The lowest BCUT2D eigenvalue weighted by Crippen LogP contribution is -2.52. The topological polar surface area (TPSA) is 87.7 Å². The molecule has 0 aromatic rings. The van der Waals surface area contributed by atoms with Gasteiger partial charge in [0.1, 0.15) is 0 Å². The van der Waals surface area contributed by atoms with Crippen LogP contribution in [0.2, 0.25) is 0 Å². The summed E-state index contributed by atoms with van der Waals surface area (Å²) in [5.74, 6) is 0. The molecule has 0 spiro atoms. The van der Waals surface area contributed by atoms with Gasteiger partial charge < -0.3 is 15.4 Å². The van der Waals surface area contributed by atoms with Crippen molar-refractivity contribution < 1.29 is 17.9 Å². The number of hydrogen-bond donors (Lipinski definition) is 2. The van der Waals surface area contributed by atoms with Crippen LogP contribution < -0.4 is 10.6 Å². The lowest BCUT2D eigenvalue weighted by atomic mass is 10.1. The van der Waals surface area contributed by atoms with Crippen molar-refractivity contribution in [3.63, 3.8) is 0 Å². The molecule has 0 bridgehead atoms. The van der Waals surface area contributed by atoms with E-state index in [9.17, 15) is 13.2 Å². The van der Waals surface area contributed by atoms with Crippen LogP contribution in [0.25, 0.3) is 0 Å².